The topological polar surface area (TPSA) is 232 Å². The van der Waals surface area contributed by atoms with Crippen LogP contribution in [0.5, 0.6) is 0 Å². The maximum absolute atomic E-state index is 12.2. The fourth-order valence-electron chi connectivity index (χ4n) is 4.49. The molecule has 0 radical (unpaired) electrons. The Hall–Kier alpha value is -3.87. The second-order valence-electron chi connectivity index (χ2n) is 9.68. The van der Waals surface area contributed by atoms with Crippen LogP contribution in [0.4, 0.5) is 0 Å². The Morgan fingerprint density at radius 3 is 1.27 bits per heavy atom. The molecule has 44 heavy (non-hydrogen) atoms. The molecule has 0 bridgehead atoms. The monoisotopic (exact) mass is 636 g/mol. The number of carbonyl (C=O) groups is 7. The second kappa shape index (κ2) is 16.3. The predicted molar refractivity (Wildman–Crippen MR) is 135 cm³/mol. The van der Waals surface area contributed by atoms with Gasteiger partial charge in [0.1, 0.15) is 31.5 Å². The minimum Gasteiger partial charge on any atom is -0.463 e. The quantitative estimate of drug-likeness (QED) is 0.203. The maximum Gasteiger partial charge on any atom is 0.303 e. The standard InChI is InChI=1S/C26H36O18/c1-10(27)35-8-17-20(21(38-13(4)30)23(25(34)42-17)40-15(6)32)44-26-24(41-16(7)33)22(39-14(5)31)19(37-12(3)29)18(43-26)9-36-11(2)28/h17-26,34H,8-9H2,1-7H3/t17-,18-,19-,20-,21+,22+,23-,24-,25-,26+/m0/s1. The van der Waals surface area contributed by atoms with Crippen LogP contribution < -0.4 is 0 Å². The van der Waals surface area contributed by atoms with Crippen LogP contribution in [0.25, 0.3) is 0 Å². The number of aliphatic hydroxyl groups is 1. The smallest absolute Gasteiger partial charge is 0.303 e. The molecule has 2 fully saturated rings. The van der Waals surface area contributed by atoms with Crippen molar-refractivity contribution < 1.29 is 86.0 Å². The number of hydrogen-bond donors (Lipinski definition) is 1. The summed E-state index contributed by atoms with van der Waals surface area (Å²) in [6.45, 7) is 6.11. The Morgan fingerprint density at radius 1 is 0.477 bits per heavy atom. The highest BCUT2D eigenvalue weighted by atomic mass is 16.8. The summed E-state index contributed by atoms with van der Waals surface area (Å²) in [6.07, 6.45) is -16.3. The minimum atomic E-state index is -1.90. The van der Waals surface area contributed by atoms with E-state index < -0.39 is 116 Å². The molecule has 0 unspecified atom stereocenters. The van der Waals surface area contributed by atoms with E-state index in [-0.39, 0.29) is 0 Å². The molecule has 1 N–H and O–H groups in total. The van der Waals surface area contributed by atoms with Crippen LogP contribution in [0.1, 0.15) is 48.5 Å². The van der Waals surface area contributed by atoms with E-state index in [4.69, 9.17) is 47.4 Å². The highest BCUT2D eigenvalue weighted by Gasteiger charge is 2.57. The summed E-state index contributed by atoms with van der Waals surface area (Å²) in [5, 5.41) is 10.6. The van der Waals surface area contributed by atoms with Crippen molar-refractivity contribution in [3.05, 3.63) is 0 Å². The van der Waals surface area contributed by atoms with Crippen LogP contribution in [0.2, 0.25) is 0 Å². The lowest BCUT2D eigenvalue weighted by Gasteiger charge is -2.48. The van der Waals surface area contributed by atoms with E-state index in [9.17, 15) is 38.7 Å². The molecule has 0 spiro atoms. The molecule has 0 aromatic heterocycles. The Balaban J connectivity index is 2.66. The molecular formula is C26H36O18. The third kappa shape index (κ3) is 10.7. The number of aliphatic hydroxyl groups excluding tert-OH is 1. The summed E-state index contributed by atoms with van der Waals surface area (Å²) in [4.78, 5) is 83.5. The number of esters is 7. The number of carbonyl (C=O) groups excluding carboxylic acids is 7. The average Bonchev–Trinajstić information content (AvgIpc) is 2.87. The first-order valence-corrected chi connectivity index (χ1v) is 13.3. The third-order valence-corrected chi connectivity index (χ3v) is 5.90. The molecule has 0 amide bonds. The van der Waals surface area contributed by atoms with Gasteiger partial charge < -0.3 is 52.5 Å². The Bertz CT molecular complexity index is 1090. The maximum atomic E-state index is 12.2. The lowest BCUT2D eigenvalue weighted by molar-refractivity contribution is -0.357. The normalized spacial score (nSPS) is 31.5. The lowest BCUT2D eigenvalue weighted by atomic mass is 9.96. The van der Waals surface area contributed by atoms with Crippen molar-refractivity contribution in [1.29, 1.82) is 0 Å². The molecule has 18 nitrogen and oxygen atoms in total. The van der Waals surface area contributed by atoms with Crippen LogP contribution in [0, 0.1) is 0 Å². The Morgan fingerprint density at radius 2 is 0.841 bits per heavy atom. The van der Waals surface area contributed by atoms with E-state index in [2.05, 4.69) is 0 Å². The average molecular weight is 637 g/mol. The molecule has 0 aliphatic carbocycles. The zero-order chi connectivity index (χ0) is 33.3. The van der Waals surface area contributed by atoms with E-state index in [1.807, 2.05) is 0 Å². The first kappa shape index (κ1) is 36.3. The van der Waals surface area contributed by atoms with Gasteiger partial charge in [0.25, 0.3) is 0 Å². The first-order valence-electron chi connectivity index (χ1n) is 13.3. The van der Waals surface area contributed by atoms with Gasteiger partial charge in [0.15, 0.2) is 43.1 Å². The van der Waals surface area contributed by atoms with E-state index in [1.54, 1.807) is 0 Å². The highest BCUT2D eigenvalue weighted by molar-refractivity contribution is 5.69. The van der Waals surface area contributed by atoms with Gasteiger partial charge in [0.05, 0.1) is 0 Å². The van der Waals surface area contributed by atoms with Gasteiger partial charge in [-0.3, -0.25) is 33.6 Å². The second-order valence-corrected chi connectivity index (χ2v) is 9.68. The van der Waals surface area contributed by atoms with Crippen LogP contribution >= 0.6 is 0 Å². The van der Waals surface area contributed by atoms with Gasteiger partial charge in [0, 0.05) is 48.5 Å². The molecular weight excluding hydrogens is 600 g/mol. The van der Waals surface area contributed by atoms with E-state index >= 15 is 0 Å². The fraction of sp³-hybridized carbons (Fsp3) is 0.731. The summed E-state index contributed by atoms with van der Waals surface area (Å²) in [6, 6.07) is 0. The first-order chi connectivity index (χ1) is 20.5. The van der Waals surface area contributed by atoms with Gasteiger partial charge in [-0.25, -0.2) is 0 Å². The molecule has 2 heterocycles. The van der Waals surface area contributed by atoms with Crippen molar-refractivity contribution in [2.75, 3.05) is 13.2 Å². The summed E-state index contributed by atoms with van der Waals surface area (Å²) < 4.78 is 54.1. The largest absolute Gasteiger partial charge is 0.463 e. The molecule has 2 saturated heterocycles. The number of hydrogen-bond acceptors (Lipinski definition) is 18. The Kier molecular flexibility index (Phi) is 13.4. The van der Waals surface area contributed by atoms with Crippen molar-refractivity contribution in [1.82, 2.24) is 0 Å². The summed E-state index contributed by atoms with van der Waals surface area (Å²) in [5.41, 5.74) is 0. The van der Waals surface area contributed by atoms with Gasteiger partial charge in [-0.1, -0.05) is 0 Å². The van der Waals surface area contributed by atoms with Crippen molar-refractivity contribution in [3.8, 4) is 0 Å². The van der Waals surface area contributed by atoms with Gasteiger partial charge in [0.2, 0.25) is 0 Å². The molecule has 2 rings (SSSR count). The van der Waals surface area contributed by atoms with E-state index in [0.717, 1.165) is 48.5 Å². The SMILES string of the molecule is CC(=O)OC[C@@H]1O[C@H](O)[C@@H](OC(C)=O)[C@H](OC(C)=O)[C@H]1O[C@H]1O[C@@H](COC(C)=O)[C@H](OC(C)=O)[C@@H](OC(C)=O)[C@@H]1OC(C)=O. The van der Waals surface area contributed by atoms with Crippen molar-refractivity contribution in [2.24, 2.45) is 0 Å². The minimum absolute atomic E-state index is 0.572. The van der Waals surface area contributed by atoms with Crippen LogP contribution in [0.3, 0.4) is 0 Å². The molecule has 0 aromatic carbocycles. The molecule has 0 aromatic rings. The van der Waals surface area contributed by atoms with Crippen molar-refractivity contribution >= 4 is 41.8 Å². The summed E-state index contributed by atoms with van der Waals surface area (Å²) in [5.74, 6) is -6.03. The zero-order valence-electron chi connectivity index (χ0n) is 25.1. The van der Waals surface area contributed by atoms with Crippen LogP contribution in [-0.4, -0.2) is 122 Å². The third-order valence-electron chi connectivity index (χ3n) is 5.90. The van der Waals surface area contributed by atoms with Gasteiger partial charge >= 0.3 is 41.8 Å². The van der Waals surface area contributed by atoms with Crippen molar-refractivity contribution in [2.45, 2.75) is 110 Å². The molecule has 10 atom stereocenters. The fourth-order valence-corrected chi connectivity index (χ4v) is 4.49. The van der Waals surface area contributed by atoms with E-state index in [1.165, 1.54) is 0 Å². The van der Waals surface area contributed by atoms with E-state index in [0.29, 0.717) is 0 Å². The lowest BCUT2D eigenvalue weighted by Crippen LogP contribution is -2.67. The number of ether oxygens (including phenoxy) is 10. The molecule has 18 heteroatoms. The van der Waals surface area contributed by atoms with Gasteiger partial charge in [-0.2, -0.15) is 0 Å². The zero-order valence-corrected chi connectivity index (χ0v) is 25.1. The summed E-state index contributed by atoms with van der Waals surface area (Å²) in [7, 11) is 0. The highest BCUT2D eigenvalue weighted by Crippen LogP contribution is 2.34. The number of rotatable bonds is 11. The Labute approximate surface area is 251 Å². The van der Waals surface area contributed by atoms with Crippen LogP contribution in [-0.2, 0) is 80.9 Å². The molecule has 0 saturated carbocycles. The predicted octanol–water partition coefficient (Wildman–Crippen LogP) is -1.40. The van der Waals surface area contributed by atoms with Crippen molar-refractivity contribution in [3.63, 3.8) is 0 Å². The summed E-state index contributed by atoms with van der Waals surface area (Å²) >= 11 is 0. The van der Waals surface area contributed by atoms with Gasteiger partial charge in [-0.15, -0.1) is 0 Å². The van der Waals surface area contributed by atoms with Gasteiger partial charge in [-0.05, 0) is 0 Å². The molecule has 2 aliphatic rings. The molecule has 2 aliphatic heterocycles. The van der Waals surface area contributed by atoms with Crippen LogP contribution in [0.15, 0.2) is 0 Å². The molecule has 248 valence electrons.